The molecule has 0 aliphatic rings. The number of nitrogen functional groups attached to an aromatic ring is 1. The van der Waals surface area contributed by atoms with Gasteiger partial charge in [-0.15, -0.1) is 0 Å². The van der Waals surface area contributed by atoms with Gasteiger partial charge in [-0.3, -0.25) is 4.79 Å². The lowest BCUT2D eigenvalue weighted by Gasteiger charge is -2.10. The van der Waals surface area contributed by atoms with Gasteiger partial charge in [0, 0.05) is 11.8 Å². The van der Waals surface area contributed by atoms with Crippen LogP contribution in [0.5, 0.6) is 11.5 Å². The highest BCUT2D eigenvalue weighted by Crippen LogP contribution is 2.18. The van der Waals surface area contributed by atoms with Gasteiger partial charge in [0.15, 0.2) is 5.78 Å². The molecule has 4 heteroatoms. The Morgan fingerprint density at radius 2 is 1.80 bits per heavy atom. The van der Waals surface area contributed by atoms with Gasteiger partial charge < -0.3 is 15.2 Å². The zero-order chi connectivity index (χ0) is 14.4. The molecule has 2 aromatic carbocycles. The first-order valence-corrected chi connectivity index (χ1v) is 6.38. The lowest BCUT2D eigenvalue weighted by Crippen LogP contribution is -2.10. The quantitative estimate of drug-likeness (QED) is 0.498. The molecule has 0 heterocycles. The summed E-state index contributed by atoms with van der Waals surface area (Å²) >= 11 is 0. The molecule has 0 radical (unpaired) electrons. The second-order valence-electron chi connectivity index (χ2n) is 4.32. The van der Waals surface area contributed by atoms with Gasteiger partial charge >= 0.3 is 0 Å². The minimum atomic E-state index is -0.0163. The molecule has 0 saturated heterocycles. The van der Waals surface area contributed by atoms with E-state index in [1.54, 1.807) is 24.3 Å². The number of para-hydroxylation sites is 1. The highest BCUT2D eigenvalue weighted by atomic mass is 16.5. The Morgan fingerprint density at radius 1 is 1.05 bits per heavy atom. The fraction of sp³-hybridized carbons (Fsp3) is 0.188. The molecule has 0 aliphatic heterocycles. The van der Waals surface area contributed by atoms with Crippen molar-refractivity contribution in [3.05, 3.63) is 54.1 Å². The lowest BCUT2D eigenvalue weighted by molar-refractivity contribution is 0.101. The second kappa shape index (κ2) is 6.61. The number of rotatable bonds is 6. The Bertz CT molecular complexity index is 596. The van der Waals surface area contributed by atoms with Crippen LogP contribution in [-0.4, -0.2) is 19.0 Å². The number of carbonyl (C=O) groups excluding carboxylic acids is 1. The highest BCUT2D eigenvalue weighted by Gasteiger charge is 2.06. The van der Waals surface area contributed by atoms with E-state index < -0.39 is 0 Å². The van der Waals surface area contributed by atoms with E-state index in [1.165, 1.54) is 6.92 Å². The van der Waals surface area contributed by atoms with Crippen LogP contribution in [0.1, 0.15) is 17.3 Å². The molecular formula is C16H17NO3. The van der Waals surface area contributed by atoms with Crippen LogP contribution in [0.4, 0.5) is 5.69 Å². The molecule has 0 aromatic heterocycles. The van der Waals surface area contributed by atoms with Crippen molar-refractivity contribution >= 4 is 11.5 Å². The Balaban J connectivity index is 1.86. The molecule has 0 aliphatic carbocycles. The smallest absolute Gasteiger partial charge is 0.163 e. The third-order valence-corrected chi connectivity index (χ3v) is 2.73. The van der Waals surface area contributed by atoms with Crippen molar-refractivity contribution in [1.29, 1.82) is 0 Å². The molecule has 0 bridgehead atoms. The van der Waals surface area contributed by atoms with E-state index in [0.717, 1.165) is 0 Å². The second-order valence-corrected chi connectivity index (χ2v) is 4.32. The van der Waals surface area contributed by atoms with Gasteiger partial charge in [-0.2, -0.15) is 0 Å². The third kappa shape index (κ3) is 3.75. The van der Waals surface area contributed by atoms with E-state index >= 15 is 0 Å². The SMILES string of the molecule is CC(=O)c1ccccc1OCCOc1cccc(N)c1. The average Bonchev–Trinajstić information content (AvgIpc) is 2.44. The number of hydrogen-bond donors (Lipinski definition) is 1. The van der Waals surface area contributed by atoms with E-state index in [-0.39, 0.29) is 5.78 Å². The monoisotopic (exact) mass is 271 g/mol. The fourth-order valence-corrected chi connectivity index (χ4v) is 1.80. The molecule has 0 spiro atoms. The number of benzene rings is 2. The number of Topliss-reactive ketones (excluding diaryl/α,β-unsaturated/α-hetero) is 1. The summed E-state index contributed by atoms with van der Waals surface area (Å²) < 4.78 is 11.1. The van der Waals surface area contributed by atoms with Crippen LogP contribution >= 0.6 is 0 Å². The van der Waals surface area contributed by atoms with Crippen molar-refractivity contribution in [2.24, 2.45) is 0 Å². The summed E-state index contributed by atoms with van der Waals surface area (Å²) in [5.74, 6) is 1.27. The maximum absolute atomic E-state index is 11.4. The van der Waals surface area contributed by atoms with Crippen LogP contribution in [0.2, 0.25) is 0 Å². The minimum absolute atomic E-state index is 0.0163. The van der Waals surface area contributed by atoms with E-state index in [2.05, 4.69) is 0 Å². The highest BCUT2D eigenvalue weighted by molar-refractivity contribution is 5.96. The molecule has 0 atom stereocenters. The molecular weight excluding hydrogens is 254 g/mol. The van der Waals surface area contributed by atoms with Crippen LogP contribution in [-0.2, 0) is 0 Å². The summed E-state index contributed by atoms with van der Waals surface area (Å²) in [6.07, 6.45) is 0. The molecule has 0 amide bonds. The van der Waals surface area contributed by atoms with E-state index in [4.69, 9.17) is 15.2 Å². The minimum Gasteiger partial charge on any atom is -0.490 e. The number of nitrogens with two attached hydrogens (primary N) is 1. The van der Waals surface area contributed by atoms with Crippen molar-refractivity contribution in [2.75, 3.05) is 18.9 Å². The van der Waals surface area contributed by atoms with Gasteiger partial charge in [0.25, 0.3) is 0 Å². The van der Waals surface area contributed by atoms with Crippen molar-refractivity contribution in [2.45, 2.75) is 6.92 Å². The first-order valence-electron chi connectivity index (χ1n) is 6.38. The largest absolute Gasteiger partial charge is 0.490 e. The predicted molar refractivity (Wildman–Crippen MR) is 78.3 cm³/mol. The topological polar surface area (TPSA) is 61.5 Å². The normalized spacial score (nSPS) is 10.1. The van der Waals surface area contributed by atoms with Crippen LogP contribution in [0.15, 0.2) is 48.5 Å². The zero-order valence-corrected chi connectivity index (χ0v) is 11.3. The number of ketones is 1. The standard InChI is InChI=1S/C16H17NO3/c1-12(18)15-7-2-3-8-16(15)20-10-9-19-14-6-4-5-13(17)11-14/h2-8,11H,9-10,17H2,1H3. The maximum atomic E-state index is 11.4. The van der Waals surface area contributed by atoms with Gasteiger partial charge in [-0.05, 0) is 31.2 Å². The Hall–Kier alpha value is -2.49. The number of anilines is 1. The first-order chi connectivity index (χ1) is 9.66. The molecule has 0 unspecified atom stereocenters. The van der Waals surface area contributed by atoms with E-state index in [0.29, 0.717) is 36.0 Å². The van der Waals surface area contributed by atoms with Crippen molar-refractivity contribution in [1.82, 2.24) is 0 Å². The fourth-order valence-electron chi connectivity index (χ4n) is 1.80. The average molecular weight is 271 g/mol. The summed E-state index contributed by atoms with van der Waals surface area (Å²) in [7, 11) is 0. The van der Waals surface area contributed by atoms with Gasteiger partial charge in [-0.25, -0.2) is 0 Å². The molecule has 104 valence electrons. The van der Waals surface area contributed by atoms with Crippen LogP contribution in [0.3, 0.4) is 0 Å². The van der Waals surface area contributed by atoms with Crippen molar-refractivity contribution in [3.8, 4) is 11.5 Å². The maximum Gasteiger partial charge on any atom is 0.163 e. The van der Waals surface area contributed by atoms with Gasteiger partial charge in [0.2, 0.25) is 0 Å². The molecule has 2 aromatic rings. The summed E-state index contributed by atoms with van der Waals surface area (Å²) in [6.45, 7) is 2.26. The molecule has 2 N–H and O–H groups in total. The summed E-state index contributed by atoms with van der Waals surface area (Å²) in [6, 6.07) is 14.4. The number of ether oxygens (including phenoxy) is 2. The number of hydrogen-bond acceptors (Lipinski definition) is 4. The molecule has 0 fully saturated rings. The Morgan fingerprint density at radius 3 is 2.55 bits per heavy atom. The summed E-state index contributed by atoms with van der Waals surface area (Å²) in [4.78, 5) is 11.4. The van der Waals surface area contributed by atoms with Gasteiger partial charge in [0.1, 0.15) is 24.7 Å². The van der Waals surface area contributed by atoms with Crippen molar-refractivity contribution in [3.63, 3.8) is 0 Å². The van der Waals surface area contributed by atoms with E-state index in [1.807, 2.05) is 24.3 Å². The Kier molecular flexibility index (Phi) is 4.60. The predicted octanol–water partition coefficient (Wildman–Crippen LogP) is 2.93. The number of carbonyl (C=O) groups is 1. The summed E-state index contributed by atoms with van der Waals surface area (Å²) in [5.41, 5.74) is 6.90. The van der Waals surface area contributed by atoms with Crippen LogP contribution < -0.4 is 15.2 Å². The summed E-state index contributed by atoms with van der Waals surface area (Å²) in [5, 5.41) is 0. The first kappa shape index (κ1) is 13.9. The molecule has 0 saturated carbocycles. The molecule has 20 heavy (non-hydrogen) atoms. The molecule has 2 rings (SSSR count). The van der Waals surface area contributed by atoms with Crippen LogP contribution in [0.25, 0.3) is 0 Å². The van der Waals surface area contributed by atoms with E-state index in [9.17, 15) is 4.79 Å². The zero-order valence-electron chi connectivity index (χ0n) is 11.3. The van der Waals surface area contributed by atoms with Gasteiger partial charge in [-0.1, -0.05) is 18.2 Å². The van der Waals surface area contributed by atoms with Crippen molar-refractivity contribution < 1.29 is 14.3 Å². The molecule has 4 nitrogen and oxygen atoms in total. The third-order valence-electron chi connectivity index (χ3n) is 2.73. The Labute approximate surface area is 118 Å². The lowest BCUT2D eigenvalue weighted by atomic mass is 10.1. The van der Waals surface area contributed by atoms with Gasteiger partial charge in [0.05, 0.1) is 5.56 Å². The van der Waals surface area contributed by atoms with Crippen LogP contribution in [0, 0.1) is 0 Å².